The summed E-state index contributed by atoms with van der Waals surface area (Å²) in [5.74, 6) is 0. The van der Waals surface area contributed by atoms with Crippen molar-refractivity contribution in [3.05, 3.63) is 146 Å². The van der Waals surface area contributed by atoms with Crippen molar-refractivity contribution in [3.8, 4) is 33.4 Å². The summed E-state index contributed by atoms with van der Waals surface area (Å²) < 4.78 is 0. The van der Waals surface area contributed by atoms with E-state index in [1.165, 1.54) is 98.0 Å². The molecule has 9 aromatic rings. The van der Waals surface area contributed by atoms with E-state index in [1.54, 1.807) is 0 Å². The maximum Gasteiger partial charge on any atom is -0.00199 e. The number of hydrogen-bond donors (Lipinski definition) is 0. The standard InChI is InChI=1S/C42H24/c1-2-10-27-25(9-1)19-20-26-21-22-33-31(15-7-16-34(33)41(26)27)37-23-39-36-18-8-17-35-28-11-3-6-14-32(28)40(42(35)36)24-38(39)30-13-5-4-12-29(30)37/h1-24H. The molecule has 0 spiro atoms. The fraction of sp³-hybridized carbons (Fsp3) is 0. The monoisotopic (exact) mass is 528 g/mol. The minimum Gasteiger partial charge on any atom is -0.0616 e. The van der Waals surface area contributed by atoms with Crippen molar-refractivity contribution in [2.24, 2.45) is 0 Å². The van der Waals surface area contributed by atoms with Crippen LogP contribution in [-0.2, 0) is 0 Å². The van der Waals surface area contributed by atoms with Crippen molar-refractivity contribution < 1.29 is 0 Å². The molecule has 0 bridgehead atoms. The summed E-state index contributed by atoms with van der Waals surface area (Å²) in [6.07, 6.45) is 0. The van der Waals surface area contributed by atoms with Crippen LogP contribution < -0.4 is 0 Å². The third-order valence-electron chi connectivity index (χ3n) is 9.56. The van der Waals surface area contributed by atoms with Gasteiger partial charge >= 0.3 is 0 Å². The molecule has 10 rings (SSSR count). The van der Waals surface area contributed by atoms with Gasteiger partial charge in [-0.2, -0.15) is 0 Å². The zero-order chi connectivity index (χ0) is 27.4. The molecule has 0 atom stereocenters. The Kier molecular flexibility index (Phi) is 4.27. The topological polar surface area (TPSA) is 0 Å². The zero-order valence-electron chi connectivity index (χ0n) is 22.9. The first-order chi connectivity index (χ1) is 20.8. The van der Waals surface area contributed by atoms with Crippen LogP contribution in [0.3, 0.4) is 0 Å². The van der Waals surface area contributed by atoms with Gasteiger partial charge in [0.15, 0.2) is 0 Å². The van der Waals surface area contributed by atoms with Gasteiger partial charge in [-0.15, -0.1) is 0 Å². The molecule has 0 saturated heterocycles. The lowest BCUT2D eigenvalue weighted by Crippen LogP contribution is -1.89. The molecular weight excluding hydrogens is 504 g/mol. The van der Waals surface area contributed by atoms with E-state index in [0.29, 0.717) is 0 Å². The molecule has 9 aromatic carbocycles. The summed E-state index contributed by atoms with van der Waals surface area (Å²) in [5.41, 5.74) is 7.95. The Labute approximate surface area is 243 Å². The molecule has 0 aliphatic heterocycles. The SMILES string of the molecule is c1ccc2c(c1)-c1cccc3c1c-2cc1c2ccccc2c(-c2cccc4c2ccc2ccc5ccccc5c24)cc31. The third-order valence-corrected chi connectivity index (χ3v) is 9.56. The van der Waals surface area contributed by atoms with Crippen molar-refractivity contribution in [1.82, 2.24) is 0 Å². The van der Waals surface area contributed by atoms with Gasteiger partial charge in [-0.1, -0.05) is 133 Å². The molecule has 0 heterocycles. The molecule has 42 heavy (non-hydrogen) atoms. The van der Waals surface area contributed by atoms with Crippen molar-refractivity contribution in [2.45, 2.75) is 0 Å². The van der Waals surface area contributed by atoms with E-state index in [-0.39, 0.29) is 0 Å². The van der Waals surface area contributed by atoms with E-state index in [1.807, 2.05) is 0 Å². The van der Waals surface area contributed by atoms with Crippen LogP contribution in [0.4, 0.5) is 0 Å². The Balaban J connectivity index is 1.36. The van der Waals surface area contributed by atoms with Gasteiger partial charge in [0.05, 0.1) is 0 Å². The minimum atomic E-state index is 1.28. The number of hydrogen-bond acceptors (Lipinski definition) is 0. The molecule has 1 aliphatic carbocycles. The summed E-state index contributed by atoms with van der Waals surface area (Å²) in [5, 5.41) is 15.8. The molecule has 0 N–H and O–H groups in total. The van der Waals surface area contributed by atoms with Gasteiger partial charge in [-0.25, -0.2) is 0 Å². The van der Waals surface area contributed by atoms with Crippen LogP contribution in [0.1, 0.15) is 0 Å². The van der Waals surface area contributed by atoms with E-state index in [0.717, 1.165) is 0 Å². The summed E-state index contributed by atoms with van der Waals surface area (Å²) in [7, 11) is 0. The second-order valence-corrected chi connectivity index (χ2v) is 11.6. The van der Waals surface area contributed by atoms with Crippen molar-refractivity contribution in [1.29, 1.82) is 0 Å². The number of rotatable bonds is 1. The highest BCUT2D eigenvalue weighted by Crippen LogP contribution is 2.51. The van der Waals surface area contributed by atoms with Crippen LogP contribution in [0.15, 0.2) is 146 Å². The van der Waals surface area contributed by atoms with Crippen molar-refractivity contribution in [3.63, 3.8) is 0 Å². The highest BCUT2D eigenvalue weighted by molar-refractivity contribution is 6.30. The van der Waals surface area contributed by atoms with E-state index >= 15 is 0 Å². The largest absolute Gasteiger partial charge is 0.0616 e. The molecular formula is C42H24. The van der Waals surface area contributed by atoms with E-state index < -0.39 is 0 Å². The molecule has 192 valence electrons. The molecule has 0 unspecified atom stereocenters. The maximum atomic E-state index is 2.46. The molecule has 0 nitrogen and oxygen atoms in total. The summed E-state index contributed by atoms with van der Waals surface area (Å²) in [4.78, 5) is 0. The minimum absolute atomic E-state index is 1.28. The van der Waals surface area contributed by atoms with E-state index in [4.69, 9.17) is 0 Å². The average Bonchev–Trinajstić information content (AvgIpc) is 3.38. The number of benzene rings is 9. The van der Waals surface area contributed by atoms with Crippen molar-refractivity contribution in [2.75, 3.05) is 0 Å². The first-order valence-corrected chi connectivity index (χ1v) is 14.7. The predicted octanol–water partition coefficient (Wildman–Crippen LogP) is 11.9. The molecule has 0 heteroatoms. The third kappa shape index (κ3) is 2.81. The first-order valence-electron chi connectivity index (χ1n) is 14.7. The number of fused-ring (bicyclic) bond motifs is 12. The van der Waals surface area contributed by atoms with Crippen LogP contribution in [0.25, 0.3) is 98.0 Å². The molecule has 0 fully saturated rings. The highest BCUT2D eigenvalue weighted by atomic mass is 14.3. The molecule has 0 amide bonds. The van der Waals surface area contributed by atoms with Gasteiger partial charge in [0, 0.05) is 0 Å². The van der Waals surface area contributed by atoms with Gasteiger partial charge < -0.3 is 0 Å². The second kappa shape index (κ2) is 8.06. The van der Waals surface area contributed by atoms with E-state index in [2.05, 4.69) is 146 Å². The summed E-state index contributed by atoms with van der Waals surface area (Å²) in [6.45, 7) is 0. The lowest BCUT2D eigenvalue weighted by atomic mass is 9.87. The van der Waals surface area contributed by atoms with Gasteiger partial charge in [0.25, 0.3) is 0 Å². The second-order valence-electron chi connectivity index (χ2n) is 11.6. The van der Waals surface area contributed by atoms with Crippen LogP contribution in [0, 0.1) is 0 Å². The van der Waals surface area contributed by atoms with E-state index in [9.17, 15) is 0 Å². The molecule has 1 aliphatic rings. The summed E-state index contributed by atoms with van der Waals surface area (Å²) >= 11 is 0. The Hall–Kier alpha value is -5.46. The Morgan fingerprint density at radius 1 is 0.214 bits per heavy atom. The van der Waals surface area contributed by atoms with Crippen molar-refractivity contribution >= 4 is 64.6 Å². The van der Waals surface area contributed by atoms with Crippen LogP contribution >= 0.6 is 0 Å². The first kappa shape index (κ1) is 22.3. The van der Waals surface area contributed by atoms with Gasteiger partial charge in [0.2, 0.25) is 0 Å². The van der Waals surface area contributed by atoms with Crippen LogP contribution in [0.5, 0.6) is 0 Å². The highest BCUT2D eigenvalue weighted by Gasteiger charge is 2.23. The average molecular weight is 529 g/mol. The Morgan fingerprint density at radius 2 is 0.738 bits per heavy atom. The molecule has 0 aromatic heterocycles. The lowest BCUT2D eigenvalue weighted by molar-refractivity contribution is 1.70. The van der Waals surface area contributed by atoms with Gasteiger partial charge in [0.1, 0.15) is 0 Å². The van der Waals surface area contributed by atoms with Crippen LogP contribution in [0.2, 0.25) is 0 Å². The maximum absolute atomic E-state index is 2.46. The summed E-state index contributed by atoms with van der Waals surface area (Å²) in [6, 6.07) is 54.3. The smallest absolute Gasteiger partial charge is 0.00199 e. The Bertz CT molecular complexity index is 2620. The van der Waals surface area contributed by atoms with Crippen LogP contribution in [-0.4, -0.2) is 0 Å². The Morgan fingerprint density at radius 3 is 1.60 bits per heavy atom. The lowest BCUT2D eigenvalue weighted by Gasteiger charge is -2.17. The fourth-order valence-electron chi connectivity index (χ4n) is 7.77. The quantitative estimate of drug-likeness (QED) is 0.186. The normalized spacial score (nSPS) is 12.3. The predicted molar refractivity (Wildman–Crippen MR) is 181 cm³/mol. The molecule has 0 saturated carbocycles. The zero-order valence-corrected chi connectivity index (χ0v) is 22.9. The fourth-order valence-corrected chi connectivity index (χ4v) is 7.77. The van der Waals surface area contributed by atoms with Gasteiger partial charge in [-0.3, -0.25) is 0 Å². The molecule has 0 radical (unpaired) electrons. The van der Waals surface area contributed by atoms with Gasteiger partial charge in [-0.05, 0) is 110 Å².